The summed E-state index contributed by atoms with van der Waals surface area (Å²) in [5, 5.41) is 7.58. The molecule has 0 radical (unpaired) electrons. The summed E-state index contributed by atoms with van der Waals surface area (Å²) in [6.07, 6.45) is 1.81. The van der Waals surface area contributed by atoms with Crippen molar-refractivity contribution in [2.45, 2.75) is 39.3 Å². The van der Waals surface area contributed by atoms with E-state index in [9.17, 15) is 9.59 Å². The van der Waals surface area contributed by atoms with Crippen molar-refractivity contribution >= 4 is 34.1 Å². The Hall–Kier alpha value is -4.19. The molecule has 6 heteroatoms. The standard InChI is InChI=1S/C30H30N4O2/c1-20(35)34-18-22-16-23(12-13-26(22)30(2,3)19-34)33-29(36)25-9-5-7-11-28(25)32-17-21-14-15-31-27-10-6-4-8-24(21)27/h4-16,32H,17-19H2,1-3H3,(H,33,36). The largest absolute Gasteiger partial charge is 0.380 e. The van der Waals surface area contributed by atoms with Crippen molar-refractivity contribution in [3.8, 4) is 0 Å². The van der Waals surface area contributed by atoms with E-state index in [1.54, 1.807) is 6.92 Å². The number of hydrogen-bond donors (Lipinski definition) is 2. The van der Waals surface area contributed by atoms with Gasteiger partial charge in [-0.15, -0.1) is 0 Å². The van der Waals surface area contributed by atoms with E-state index in [4.69, 9.17) is 0 Å². The lowest BCUT2D eigenvalue weighted by Crippen LogP contribution is -2.44. The quantitative estimate of drug-likeness (QED) is 0.384. The number of amides is 2. The Morgan fingerprint density at radius 1 is 1.00 bits per heavy atom. The number of pyridine rings is 1. The van der Waals surface area contributed by atoms with Crippen LogP contribution in [0.2, 0.25) is 0 Å². The second-order valence-corrected chi connectivity index (χ2v) is 9.97. The highest BCUT2D eigenvalue weighted by atomic mass is 16.2. The molecular formula is C30H30N4O2. The Kier molecular flexibility index (Phi) is 6.18. The van der Waals surface area contributed by atoms with Gasteiger partial charge in [-0.2, -0.15) is 0 Å². The van der Waals surface area contributed by atoms with E-state index >= 15 is 0 Å². The van der Waals surface area contributed by atoms with Crippen LogP contribution in [0, 0.1) is 0 Å². The summed E-state index contributed by atoms with van der Waals surface area (Å²) in [7, 11) is 0. The molecule has 182 valence electrons. The molecule has 0 fully saturated rings. The number of benzene rings is 3. The van der Waals surface area contributed by atoms with Gasteiger partial charge in [0.15, 0.2) is 0 Å². The fourth-order valence-corrected chi connectivity index (χ4v) is 5.04. The van der Waals surface area contributed by atoms with Crippen LogP contribution in [0.1, 0.15) is 47.8 Å². The van der Waals surface area contributed by atoms with Crippen molar-refractivity contribution in [3.05, 3.63) is 101 Å². The zero-order valence-corrected chi connectivity index (χ0v) is 20.8. The van der Waals surface area contributed by atoms with Crippen LogP contribution in [-0.2, 0) is 23.3 Å². The number of para-hydroxylation sites is 2. The molecule has 0 saturated heterocycles. The van der Waals surface area contributed by atoms with Gasteiger partial charge in [-0.05, 0) is 53.1 Å². The minimum Gasteiger partial charge on any atom is -0.380 e. The Balaban J connectivity index is 1.36. The van der Waals surface area contributed by atoms with Crippen LogP contribution in [0.15, 0.2) is 79.0 Å². The van der Waals surface area contributed by atoms with Gasteiger partial charge >= 0.3 is 0 Å². The fourth-order valence-electron chi connectivity index (χ4n) is 5.04. The average molecular weight is 479 g/mol. The zero-order chi connectivity index (χ0) is 25.3. The van der Waals surface area contributed by atoms with Crippen LogP contribution in [0.3, 0.4) is 0 Å². The van der Waals surface area contributed by atoms with E-state index in [0.29, 0.717) is 25.2 Å². The van der Waals surface area contributed by atoms with E-state index in [1.807, 2.05) is 71.8 Å². The third-order valence-electron chi connectivity index (χ3n) is 6.87. The maximum absolute atomic E-state index is 13.3. The van der Waals surface area contributed by atoms with E-state index in [1.165, 1.54) is 5.56 Å². The van der Waals surface area contributed by atoms with Crippen LogP contribution < -0.4 is 10.6 Å². The lowest BCUT2D eigenvalue weighted by atomic mass is 9.78. The summed E-state index contributed by atoms with van der Waals surface area (Å²) < 4.78 is 0. The van der Waals surface area contributed by atoms with Gasteiger partial charge in [0.2, 0.25) is 5.91 Å². The number of hydrogen-bond acceptors (Lipinski definition) is 4. The molecule has 0 aliphatic carbocycles. The van der Waals surface area contributed by atoms with Crippen LogP contribution in [0.25, 0.3) is 10.9 Å². The molecule has 0 saturated carbocycles. The number of aromatic nitrogens is 1. The minimum atomic E-state index is -0.184. The highest BCUT2D eigenvalue weighted by Gasteiger charge is 2.32. The maximum Gasteiger partial charge on any atom is 0.257 e. The van der Waals surface area contributed by atoms with Crippen LogP contribution in [0.4, 0.5) is 11.4 Å². The first-order chi connectivity index (χ1) is 17.3. The predicted octanol–water partition coefficient (Wildman–Crippen LogP) is 5.74. The molecule has 4 aromatic rings. The maximum atomic E-state index is 13.3. The molecule has 5 rings (SSSR count). The van der Waals surface area contributed by atoms with Crippen molar-refractivity contribution in [2.75, 3.05) is 17.2 Å². The molecule has 2 heterocycles. The average Bonchev–Trinajstić information content (AvgIpc) is 2.87. The summed E-state index contributed by atoms with van der Waals surface area (Å²) in [6.45, 7) is 7.70. The Bertz CT molecular complexity index is 1460. The molecule has 3 aromatic carbocycles. The van der Waals surface area contributed by atoms with Crippen LogP contribution >= 0.6 is 0 Å². The summed E-state index contributed by atoms with van der Waals surface area (Å²) in [6, 6.07) is 23.6. The number of carbonyl (C=O) groups excluding carboxylic acids is 2. The molecule has 1 aliphatic rings. The molecule has 0 atom stereocenters. The molecular weight excluding hydrogens is 448 g/mol. The molecule has 0 bridgehead atoms. The molecule has 0 unspecified atom stereocenters. The predicted molar refractivity (Wildman–Crippen MR) is 144 cm³/mol. The van der Waals surface area contributed by atoms with Crippen molar-refractivity contribution in [1.82, 2.24) is 9.88 Å². The van der Waals surface area contributed by atoms with E-state index < -0.39 is 0 Å². The Morgan fingerprint density at radius 3 is 2.61 bits per heavy atom. The van der Waals surface area contributed by atoms with E-state index in [0.717, 1.165) is 33.4 Å². The number of nitrogens with one attached hydrogen (secondary N) is 2. The second kappa shape index (κ2) is 9.46. The molecule has 2 N–H and O–H groups in total. The van der Waals surface area contributed by atoms with Gasteiger partial charge in [-0.25, -0.2) is 0 Å². The van der Waals surface area contributed by atoms with Gasteiger partial charge in [-0.3, -0.25) is 14.6 Å². The van der Waals surface area contributed by atoms with Gasteiger partial charge in [0.05, 0.1) is 11.1 Å². The van der Waals surface area contributed by atoms with Crippen molar-refractivity contribution in [1.29, 1.82) is 0 Å². The molecule has 1 aromatic heterocycles. The van der Waals surface area contributed by atoms with Gasteiger partial charge in [-0.1, -0.05) is 50.2 Å². The lowest BCUT2D eigenvalue weighted by Gasteiger charge is -2.39. The normalized spacial score (nSPS) is 14.2. The fraction of sp³-hybridized carbons (Fsp3) is 0.233. The van der Waals surface area contributed by atoms with E-state index in [2.05, 4.69) is 41.6 Å². The number of anilines is 2. The Morgan fingerprint density at radius 2 is 1.78 bits per heavy atom. The van der Waals surface area contributed by atoms with Crippen LogP contribution in [0.5, 0.6) is 0 Å². The lowest BCUT2D eigenvalue weighted by molar-refractivity contribution is -0.130. The summed E-state index contributed by atoms with van der Waals surface area (Å²) >= 11 is 0. The first-order valence-corrected chi connectivity index (χ1v) is 12.2. The van der Waals surface area contributed by atoms with Gasteiger partial charge in [0.1, 0.15) is 0 Å². The number of fused-ring (bicyclic) bond motifs is 2. The minimum absolute atomic E-state index is 0.0603. The molecule has 36 heavy (non-hydrogen) atoms. The number of nitrogens with zero attached hydrogens (tertiary/aromatic N) is 2. The SMILES string of the molecule is CC(=O)N1Cc2cc(NC(=O)c3ccccc3NCc3ccnc4ccccc34)ccc2C(C)(C)C1. The van der Waals surface area contributed by atoms with Gasteiger partial charge in [0.25, 0.3) is 5.91 Å². The topological polar surface area (TPSA) is 74.3 Å². The summed E-state index contributed by atoms with van der Waals surface area (Å²) in [5.41, 5.74) is 6.24. The second-order valence-electron chi connectivity index (χ2n) is 9.97. The smallest absolute Gasteiger partial charge is 0.257 e. The first-order valence-electron chi connectivity index (χ1n) is 12.2. The zero-order valence-electron chi connectivity index (χ0n) is 20.8. The number of rotatable bonds is 5. The molecule has 0 spiro atoms. The summed E-state index contributed by atoms with van der Waals surface area (Å²) in [4.78, 5) is 31.7. The highest BCUT2D eigenvalue weighted by molar-refractivity contribution is 6.08. The monoisotopic (exact) mass is 478 g/mol. The molecule has 1 aliphatic heterocycles. The third-order valence-corrected chi connectivity index (χ3v) is 6.87. The van der Waals surface area contributed by atoms with E-state index in [-0.39, 0.29) is 17.2 Å². The highest BCUT2D eigenvalue weighted by Crippen LogP contribution is 2.35. The summed E-state index contributed by atoms with van der Waals surface area (Å²) in [5.74, 6) is -0.124. The van der Waals surface area contributed by atoms with Crippen molar-refractivity contribution < 1.29 is 9.59 Å². The van der Waals surface area contributed by atoms with Gasteiger partial charge < -0.3 is 15.5 Å². The molecule has 6 nitrogen and oxygen atoms in total. The van der Waals surface area contributed by atoms with Crippen molar-refractivity contribution in [3.63, 3.8) is 0 Å². The van der Waals surface area contributed by atoms with Crippen molar-refractivity contribution in [2.24, 2.45) is 0 Å². The third kappa shape index (κ3) is 4.67. The van der Waals surface area contributed by atoms with Gasteiger partial charge in [0, 0.05) is 54.9 Å². The Labute approximate surface area is 211 Å². The molecule has 2 amide bonds. The number of carbonyl (C=O) groups is 2. The van der Waals surface area contributed by atoms with Crippen LogP contribution in [-0.4, -0.2) is 28.2 Å². The first kappa shape index (κ1) is 23.5.